The lowest BCUT2D eigenvalue weighted by Crippen LogP contribution is -3.00. The van der Waals surface area contributed by atoms with Crippen molar-refractivity contribution in [1.29, 1.82) is 0 Å². The molecule has 0 radical (unpaired) electrons. The zero-order valence-corrected chi connectivity index (χ0v) is 11.4. The van der Waals surface area contributed by atoms with Gasteiger partial charge in [-0.15, -0.1) is 11.3 Å². The number of pyridine rings is 1. The Kier molecular flexibility index (Phi) is 4.98. The molecule has 3 heteroatoms. The van der Waals surface area contributed by atoms with E-state index >= 15 is 0 Å². The topological polar surface area (TPSA) is 3.88 Å². The molecule has 0 aliphatic rings. The number of aromatic nitrogens is 1. The second kappa shape index (κ2) is 6.02. The third kappa shape index (κ3) is 3.43. The molecule has 0 fully saturated rings. The molecular formula is C12H12INS. The Morgan fingerprint density at radius 3 is 2.67 bits per heavy atom. The molecule has 0 saturated carbocycles. The van der Waals surface area contributed by atoms with Crippen molar-refractivity contribution in [3.05, 3.63) is 52.5 Å². The Balaban J connectivity index is 0.00000112. The maximum atomic E-state index is 2.14. The minimum Gasteiger partial charge on any atom is -1.00 e. The van der Waals surface area contributed by atoms with Crippen molar-refractivity contribution < 1.29 is 28.5 Å². The fourth-order valence-corrected chi connectivity index (χ4v) is 1.88. The number of hydrogen-bond acceptors (Lipinski definition) is 1. The lowest BCUT2D eigenvalue weighted by Gasteiger charge is -1.91. The number of thiophene rings is 1. The van der Waals surface area contributed by atoms with Gasteiger partial charge in [-0.3, -0.25) is 0 Å². The van der Waals surface area contributed by atoms with Crippen LogP contribution in [0.2, 0.25) is 0 Å². The molecule has 0 N–H and O–H groups in total. The second-order valence-electron chi connectivity index (χ2n) is 3.09. The van der Waals surface area contributed by atoms with Gasteiger partial charge in [0.25, 0.3) is 0 Å². The van der Waals surface area contributed by atoms with Crippen LogP contribution in [0.1, 0.15) is 10.6 Å². The highest BCUT2D eigenvalue weighted by atomic mass is 127. The van der Waals surface area contributed by atoms with E-state index in [4.69, 9.17) is 0 Å². The molecular weight excluding hydrogens is 317 g/mol. The third-order valence-corrected chi connectivity index (χ3v) is 2.89. The van der Waals surface area contributed by atoms with Crippen LogP contribution in [0.15, 0.2) is 41.9 Å². The van der Waals surface area contributed by atoms with Crippen molar-refractivity contribution in [2.75, 3.05) is 0 Å². The Morgan fingerprint density at radius 1 is 1.13 bits per heavy atom. The van der Waals surface area contributed by atoms with E-state index in [2.05, 4.69) is 40.3 Å². The summed E-state index contributed by atoms with van der Waals surface area (Å²) in [7, 11) is 2.05. The summed E-state index contributed by atoms with van der Waals surface area (Å²) in [5.41, 5.74) is 1.21. The highest BCUT2D eigenvalue weighted by Crippen LogP contribution is 2.11. The summed E-state index contributed by atoms with van der Waals surface area (Å²) in [5.74, 6) is 0. The predicted molar refractivity (Wildman–Crippen MR) is 60.9 cm³/mol. The molecule has 0 bridgehead atoms. The lowest BCUT2D eigenvalue weighted by molar-refractivity contribution is -0.673. The van der Waals surface area contributed by atoms with E-state index in [1.165, 1.54) is 10.6 Å². The van der Waals surface area contributed by atoms with Crippen molar-refractivity contribution in [3.63, 3.8) is 0 Å². The van der Waals surface area contributed by atoms with Gasteiger partial charge in [0.05, 0.1) is 0 Å². The summed E-state index contributed by atoms with van der Waals surface area (Å²) in [5, 5.41) is 2.09. The molecule has 0 aliphatic carbocycles. The van der Waals surface area contributed by atoms with Gasteiger partial charge in [0.1, 0.15) is 7.05 Å². The van der Waals surface area contributed by atoms with Crippen LogP contribution < -0.4 is 28.5 Å². The first-order valence-corrected chi connectivity index (χ1v) is 5.40. The van der Waals surface area contributed by atoms with Crippen LogP contribution in [0.5, 0.6) is 0 Å². The molecule has 0 unspecified atom stereocenters. The Bertz CT molecular complexity index is 435. The van der Waals surface area contributed by atoms with Crippen molar-refractivity contribution >= 4 is 23.5 Å². The van der Waals surface area contributed by atoms with Gasteiger partial charge in [-0.25, -0.2) is 4.57 Å². The maximum Gasteiger partial charge on any atom is 0.204 e. The van der Waals surface area contributed by atoms with E-state index in [0.717, 1.165) is 0 Å². The van der Waals surface area contributed by atoms with E-state index in [-0.39, 0.29) is 24.0 Å². The molecule has 0 aromatic carbocycles. The molecule has 78 valence electrons. The van der Waals surface area contributed by atoms with Gasteiger partial charge in [0, 0.05) is 23.1 Å². The second-order valence-corrected chi connectivity index (χ2v) is 4.06. The van der Waals surface area contributed by atoms with Crippen LogP contribution >= 0.6 is 11.3 Å². The van der Waals surface area contributed by atoms with Crippen LogP contribution in [0.25, 0.3) is 12.2 Å². The van der Waals surface area contributed by atoms with Crippen molar-refractivity contribution in [2.45, 2.75) is 0 Å². The van der Waals surface area contributed by atoms with E-state index < -0.39 is 0 Å². The number of aryl methyl sites for hydroxylation is 1. The number of halogens is 1. The fourth-order valence-electron chi connectivity index (χ4n) is 1.26. The van der Waals surface area contributed by atoms with Gasteiger partial charge < -0.3 is 24.0 Å². The largest absolute Gasteiger partial charge is 1.00 e. The average molecular weight is 329 g/mol. The van der Waals surface area contributed by atoms with E-state index in [9.17, 15) is 0 Å². The van der Waals surface area contributed by atoms with Gasteiger partial charge in [-0.2, -0.15) is 0 Å². The summed E-state index contributed by atoms with van der Waals surface area (Å²) >= 11 is 1.75. The van der Waals surface area contributed by atoms with Gasteiger partial charge in [0.2, 0.25) is 5.69 Å². The normalized spacial score (nSPS) is 10.2. The van der Waals surface area contributed by atoms with E-state index in [1.807, 2.05) is 25.4 Å². The molecule has 2 aromatic rings. The lowest BCUT2D eigenvalue weighted by atomic mass is 10.3. The molecule has 15 heavy (non-hydrogen) atoms. The van der Waals surface area contributed by atoms with Crippen molar-refractivity contribution in [3.8, 4) is 0 Å². The Labute approximate surface area is 111 Å². The van der Waals surface area contributed by atoms with Crippen LogP contribution in [0.3, 0.4) is 0 Å². The number of nitrogens with zero attached hydrogens (tertiary/aromatic N) is 1. The average Bonchev–Trinajstić information content (AvgIpc) is 2.69. The first-order valence-electron chi connectivity index (χ1n) is 4.52. The molecule has 2 rings (SSSR count). The van der Waals surface area contributed by atoms with Crippen LogP contribution in [0, 0.1) is 0 Å². The molecule has 1 nitrogen and oxygen atoms in total. The molecule has 0 aliphatic heterocycles. The molecule has 0 spiro atoms. The summed E-state index contributed by atoms with van der Waals surface area (Å²) < 4.78 is 2.10. The minimum absolute atomic E-state index is 0. The predicted octanol–water partition coefficient (Wildman–Crippen LogP) is -0.253. The van der Waals surface area contributed by atoms with Crippen LogP contribution in [0.4, 0.5) is 0 Å². The molecule has 2 heterocycles. The van der Waals surface area contributed by atoms with Crippen LogP contribution in [-0.2, 0) is 7.05 Å². The monoisotopic (exact) mass is 329 g/mol. The van der Waals surface area contributed by atoms with Crippen LogP contribution in [-0.4, -0.2) is 0 Å². The molecule has 0 atom stereocenters. The third-order valence-electron chi connectivity index (χ3n) is 2.06. The standard InChI is InChI=1S/C12H12NS.HI/c1-13-9-3-2-5-11(13)7-8-12-6-4-10-14-12;/h2-10H,1H3;1H/q+1;/p-1. The maximum absolute atomic E-state index is 2.14. The Morgan fingerprint density at radius 2 is 2.00 bits per heavy atom. The zero-order chi connectivity index (χ0) is 9.80. The first kappa shape index (κ1) is 12.4. The summed E-state index contributed by atoms with van der Waals surface area (Å²) in [4.78, 5) is 1.29. The highest BCUT2D eigenvalue weighted by molar-refractivity contribution is 7.10. The van der Waals surface area contributed by atoms with Crippen molar-refractivity contribution in [1.82, 2.24) is 0 Å². The quantitative estimate of drug-likeness (QED) is 0.528. The van der Waals surface area contributed by atoms with Gasteiger partial charge in [0.15, 0.2) is 6.20 Å². The van der Waals surface area contributed by atoms with Crippen molar-refractivity contribution in [2.24, 2.45) is 7.05 Å². The Hall–Kier alpha value is -0.680. The highest BCUT2D eigenvalue weighted by Gasteiger charge is 1.98. The smallest absolute Gasteiger partial charge is 0.204 e. The first-order chi connectivity index (χ1) is 6.86. The fraction of sp³-hybridized carbons (Fsp3) is 0.0833. The van der Waals surface area contributed by atoms with Gasteiger partial charge >= 0.3 is 0 Å². The van der Waals surface area contributed by atoms with Gasteiger partial charge in [-0.05, 0) is 23.6 Å². The number of hydrogen-bond donors (Lipinski definition) is 0. The zero-order valence-electron chi connectivity index (χ0n) is 8.43. The molecule has 2 aromatic heterocycles. The SMILES string of the molecule is C[n+]1ccccc1C=Cc1cccs1.[I-]. The van der Waals surface area contributed by atoms with E-state index in [0.29, 0.717) is 0 Å². The summed E-state index contributed by atoms with van der Waals surface area (Å²) in [6.07, 6.45) is 6.32. The van der Waals surface area contributed by atoms with Gasteiger partial charge in [-0.1, -0.05) is 6.07 Å². The molecule has 0 saturated heterocycles. The molecule has 0 amide bonds. The number of rotatable bonds is 2. The summed E-state index contributed by atoms with van der Waals surface area (Å²) in [6.45, 7) is 0. The van der Waals surface area contributed by atoms with E-state index in [1.54, 1.807) is 11.3 Å². The minimum atomic E-state index is 0. The summed E-state index contributed by atoms with van der Waals surface area (Å²) in [6, 6.07) is 10.4.